The molecule has 0 fully saturated rings. The zero-order valence-corrected chi connectivity index (χ0v) is 6.76. The van der Waals surface area contributed by atoms with Crippen molar-refractivity contribution in [1.29, 1.82) is 0 Å². The van der Waals surface area contributed by atoms with Crippen LogP contribution in [0.25, 0.3) is 0 Å². The van der Waals surface area contributed by atoms with Crippen LogP contribution in [0.15, 0.2) is 0 Å². The number of carboxylic acid groups (broad SMARTS) is 1. The molecule has 4 heteroatoms. The number of hydrogen-bond donors (Lipinski definition) is 1. The van der Waals surface area contributed by atoms with E-state index in [0.29, 0.717) is 6.29 Å². The Morgan fingerprint density at radius 3 is 2.38 bits per heavy atom. The molecule has 0 spiro atoms. The van der Waals surface area contributed by atoms with Crippen LogP contribution in [0, 0.1) is 0 Å². The van der Waals surface area contributed by atoms with Crippen molar-refractivity contribution in [3.63, 3.8) is 0 Å². The van der Waals surface area contributed by atoms with E-state index in [-0.39, 0.29) is 43.8 Å². The molecular weight excluding hydrogens is 119 g/mol. The summed E-state index contributed by atoms with van der Waals surface area (Å²) in [5.41, 5.74) is 0. The standard InChI is InChI=1S/C4H6O3.Na.H/c5-3-1-2-4(6)7;;/h3H,1-2H2,(H,6,7);;/q;+1;-1. The van der Waals surface area contributed by atoms with Crippen molar-refractivity contribution < 1.29 is 45.7 Å². The van der Waals surface area contributed by atoms with Gasteiger partial charge in [0.15, 0.2) is 0 Å². The summed E-state index contributed by atoms with van der Waals surface area (Å²) in [6.07, 6.45) is 0.660. The van der Waals surface area contributed by atoms with Crippen LogP contribution in [-0.2, 0) is 9.59 Å². The normalized spacial score (nSPS) is 7.00. The summed E-state index contributed by atoms with van der Waals surface area (Å²) >= 11 is 0. The summed E-state index contributed by atoms with van der Waals surface area (Å²) in [6, 6.07) is 0. The van der Waals surface area contributed by atoms with Crippen LogP contribution < -0.4 is 29.6 Å². The first-order chi connectivity index (χ1) is 3.27. The van der Waals surface area contributed by atoms with Gasteiger partial charge in [-0.1, -0.05) is 0 Å². The maximum atomic E-state index is 9.60. The van der Waals surface area contributed by atoms with Gasteiger partial charge in [-0.05, 0) is 0 Å². The molecule has 0 rings (SSSR count). The molecule has 0 bridgehead atoms. The molecule has 0 saturated carbocycles. The summed E-state index contributed by atoms with van der Waals surface area (Å²) in [6.45, 7) is 0. The van der Waals surface area contributed by atoms with Crippen LogP contribution in [0.1, 0.15) is 14.3 Å². The molecule has 42 valence electrons. The molecule has 0 amide bonds. The number of rotatable bonds is 3. The van der Waals surface area contributed by atoms with E-state index in [1.807, 2.05) is 0 Å². The minimum Gasteiger partial charge on any atom is -1.00 e. The number of hydrogen-bond acceptors (Lipinski definition) is 2. The fourth-order valence-electron chi connectivity index (χ4n) is 0.182. The second-order valence-corrected chi connectivity index (χ2v) is 1.10. The number of aldehydes is 1. The van der Waals surface area contributed by atoms with Crippen molar-refractivity contribution in [2.75, 3.05) is 0 Å². The maximum absolute atomic E-state index is 9.60. The first-order valence-corrected chi connectivity index (χ1v) is 1.93. The smallest absolute Gasteiger partial charge is 1.00 e. The Kier molecular flexibility index (Phi) is 9.82. The van der Waals surface area contributed by atoms with Gasteiger partial charge in [0.1, 0.15) is 6.29 Å². The van der Waals surface area contributed by atoms with Gasteiger partial charge >= 0.3 is 35.5 Å². The molecule has 0 saturated heterocycles. The average Bonchev–Trinajstić information content (AvgIpc) is 1.61. The van der Waals surface area contributed by atoms with Gasteiger partial charge in [0.05, 0.1) is 6.42 Å². The Morgan fingerprint density at radius 2 is 2.25 bits per heavy atom. The van der Waals surface area contributed by atoms with Crippen LogP contribution in [-0.4, -0.2) is 17.4 Å². The van der Waals surface area contributed by atoms with E-state index in [1.54, 1.807) is 0 Å². The van der Waals surface area contributed by atoms with Gasteiger partial charge in [0.25, 0.3) is 0 Å². The van der Waals surface area contributed by atoms with Gasteiger partial charge < -0.3 is 11.3 Å². The Labute approximate surface area is 70.8 Å². The maximum Gasteiger partial charge on any atom is 1.00 e. The van der Waals surface area contributed by atoms with E-state index >= 15 is 0 Å². The fourth-order valence-corrected chi connectivity index (χ4v) is 0.182. The Balaban J connectivity index is -0.000000180. The molecule has 1 N–H and O–H groups in total. The summed E-state index contributed by atoms with van der Waals surface area (Å²) in [5, 5.41) is 7.89. The van der Waals surface area contributed by atoms with E-state index in [4.69, 9.17) is 5.11 Å². The van der Waals surface area contributed by atoms with Gasteiger partial charge in [0, 0.05) is 6.42 Å². The summed E-state index contributed by atoms with van der Waals surface area (Å²) in [5.74, 6) is -0.924. The SMILES string of the molecule is O=CCCC(=O)O.[H-].[Na+]. The van der Waals surface area contributed by atoms with Crippen LogP contribution in [0.4, 0.5) is 0 Å². The van der Waals surface area contributed by atoms with Crippen molar-refractivity contribution in [1.82, 2.24) is 0 Å². The molecule has 0 heterocycles. The van der Waals surface area contributed by atoms with Gasteiger partial charge in [-0.2, -0.15) is 0 Å². The molecule has 0 aliphatic rings. The van der Waals surface area contributed by atoms with Gasteiger partial charge in [-0.25, -0.2) is 0 Å². The number of aliphatic carboxylic acids is 1. The first kappa shape index (κ1) is 11.0. The summed E-state index contributed by atoms with van der Waals surface area (Å²) < 4.78 is 0. The third-order valence-corrected chi connectivity index (χ3v) is 0.476. The van der Waals surface area contributed by atoms with Gasteiger partial charge in [-0.15, -0.1) is 0 Å². The predicted octanol–water partition coefficient (Wildman–Crippen LogP) is -2.83. The Hall–Kier alpha value is 0.140. The third kappa shape index (κ3) is 9.46. The molecule has 0 atom stereocenters. The predicted molar refractivity (Wildman–Crippen MR) is 24.0 cm³/mol. The topological polar surface area (TPSA) is 54.4 Å². The number of carboxylic acids is 1. The van der Waals surface area contributed by atoms with Gasteiger partial charge in [-0.3, -0.25) is 4.79 Å². The van der Waals surface area contributed by atoms with Crippen LogP contribution in [0.3, 0.4) is 0 Å². The van der Waals surface area contributed by atoms with E-state index in [0.717, 1.165) is 0 Å². The monoisotopic (exact) mass is 126 g/mol. The van der Waals surface area contributed by atoms with E-state index in [1.165, 1.54) is 0 Å². The third-order valence-electron chi connectivity index (χ3n) is 0.476. The molecule has 0 radical (unpaired) electrons. The molecule has 0 aromatic rings. The molecule has 0 unspecified atom stereocenters. The summed E-state index contributed by atoms with van der Waals surface area (Å²) in [4.78, 5) is 19.0. The van der Waals surface area contributed by atoms with E-state index < -0.39 is 5.97 Å². The molecule has 0 aromatic carbocycles. The van der Waals surface area contributed by atoms with E-state index in [2.05, 4.69) is 0 Å². The largest absolute Gasteiger partial charge is 1.00 e. The Bertz CT molecular complexity index is 85.9. The van der Waals surface area contributed by atoms with Crippen LogP contribution >= 0.6 is 0 Å². The van der Waals surface area contributed by atoms with Gasteiger partial charge in [0.2, 0.25) is 0 Å². The summed E-state index contributed by atoms with van der Waals surface area (Å²) in [7, 11) is 0. The zero-order chi connectivity index (χ0) is 5.70. The van der Waals surface area contributed by atoms with Crippen molar-refractivity contribution in [3.05, 3.63) is 0 Å². The number of carbonyl (C=O) groups is 2. The quantitative estimate of drug-likeness (QED) is 0.327. The zero-order valence-electron chi connectivity index (χ0n) is 5.76. The molecule has 0 aliphatic heterocycles. The van der Waals surface area contributed by atoms with Crippen molar-refractivity contribution in [2.45, 2.75) is 12.8 Å². The molecule has 0 aliphatic carbocycles. The van der Waals surface area contributed by atoms with Crippen molar-refractivity contribution >= 4 is 12.3 Å². The second kappa shape index (κ2) is 7.14. The van der Waals surface area contributed by atoms with Crippen LogP contribution in [0.2, 0.25) is 0 Å². The van der Waals surface area contributed by atoms with Crippen molar-refractivity contribution in [3.8, 4) is 0 Å². The molecule has 0 aromatic heterocycles. The average molecular weight is 126 g/mol. The second-order valence-electron chi connectivity index (χ2n) is 1.10. The molecular formula is C4H7NaO3. The van der Waals surface area contributed by atoms with Crippen LogP contribution in [0.5, 0.6) is 0 Å². The Morgan fingerprint density at radius 1 is 1.75 bits per heavy atom. The minimum atomic E-state index is -0.924. The fraction of sp³-hybridized carbons (Fsp3) is 0.500. The number of carbonyl (C=O) groups excluding carboxylic acids is 1. The molecule has 8 heavy (non-hydrogen) atoms. The first-order valence-electron chi connectivity index (χ1n) is 1.93. The van der Waals surface area contributed by atoms with E-state index in [9.17, 15) is 9.59 Å². The minimum absolute atomic E-state index is 0. The molecule has 3 nitrogen and oxygen atoms in total. The van der Waals surface area contributed by atoms with Crippen molar-refractivity contribution in [2.24, 2.45) is 0 Å².